The number of hydrogen-bond donors (Lipinski definition) is 1. The lowest BCUT2D eigenvalue weighted by Gasteiger charge is -2.24. The number of nitrogens with zero attached hydrogens (tertiary/aromatic N) is 1. The fourth-order valence-electron chi connectivity index (χ4n) is 3.58. The molecule has 1 saturated carbocycles. The van der Waals surface area contributed by atoms with Crippen LogP contribution in [0, 0.1) is 0 Å². The first kappa shape index (κ1) is 15.8. The molecule has 1 saturated heterocycles. The first-order valence-electron chi connectivity index (χ1n) is 8.43. The van der Waals surface area contributed by atoms with Gasteiger partial charge >= 0.3 is 5.97 Å². The summed E-state index contributed by atoms with van der Waals surface area (Å²) in [6, 6.07) is 7.09. The van der Waals surface area contributed by atoms with Gasteiger partial charge < -0.3 is 14.7 Å². The molecule has 1 aromatic rings. The summed E-state index contributed by atoms with van der Waals surface area (Å²) in [7, 11) is 0. The number of amides is 1. The molecule has 0 spiro atoms. The number of rotatable bonds is 5. The van der Waals surface area contributed by atoms with Crippen LogP contribution >= 0.6 is 0 Å². The zero-order valence-electron chi connectivity index (χ0n) is 13.2. The van der Waals surface area contributed by atoms with Gasteiger partial charge in [0.1, 0.15) is 5.75 Å². The van der Waals surface area contributed by atoms with E-state index in [-0.39, 0.29) is 24.5 Å². The van der Waals surface area contributed by atoms with E-state index in [2.05, 4.69) is 0 Å². The molecular formula is C18H23NO4. The van der Waals surface area contributed by atoms with Gasteiger partial charge in [-0.15, -0.1) is 0 Å². The van der Waals surface area contributed by atoms with E-state index in [0.29, 0.717) is 12.1 Å². The third-order valence-electron chi connectivity index (χ3n) is 4.73. The number of carbonyl (C=O) groups excluding carboxylic acids is 1. The maximum atomic E-state index is 12.7. The molecule has 1 aliphatic carbocycles. The van der Waals surface area contributed by atoms with Gasteiger partial charge in [-0.2, -0.15) is 0 Å². The Bertz CT molecular complexity index is 580. The van der Waals surface area contributed by atoms with Crippen LogP contribution in [0.15, 0.2) is 24.3 Å². The SMILES string of the molecule is O=C(O)CC1CCCN1C(=O)c1cccc(OC2CCCC2)c1. The van der Waals surface area contributed by atoms with Gasteiger partial charge in [0.25, 0.3) is 5.91 Å². The summed E-state index contributed by atoms with van der Waals surface area (Å²) in [5, 5.41) is 8.99. The summed E-state index contributed by atoms with van der Waals surface area (Å²) in [6.07, 6.45) is 6.45. The lowest BCUT2D eigenvalue weighted by atomic mass is 10.1. The number of carboxylic acid groups (broad SMARTS) is 1. The van der Waals surface area contributed by atoms with Crippen LogP contribution < -0.4 is 4.74 Å². The quantitative estimate of drug-likeness (QED) is 0.906. The molecule has 0 radical (unpaired) electrons. The zero-order valence-corrected chi connectivity index (χ0v) is 13.2. The summed E-state index contributed by atoms with van der Waals surface area (Å²) < 4.78 is 5.96. The summed E-state index contributed by atoms with van der Waals surface area (Å²) >= 11 is 0. The number of benzene rings is 1. The Labute approximate surface area is 136 Å². The number of carboxylic acids is 1. The van der Waals surface area contributed by atoms with Crippen molar-refractivity contribution in [2.45, 2.75) is 57.1 Å². The zero-order chi connectivity index (χ0) is 16.2. The van der Waals surface area contributed by atoms with Crippen LogP contribution in [0.4, 0.5) is 0 Å². The lowest BCUT2D eigenvalue weighted by Crippen LogP contribution is -2.36. The molecule has 1 unspecified atom stereocenters. The molecule has 1 N–H and O–H groups in total. The normalized spacial score (nSPS) is 21.6. The van der Waals surface area contributed by atoms with E-state index in [4.69, 9.17) is 9.84 Å². The van der Waals surface area contributed by atoms with Gasteiger partial charge in [-0.25, -0.2) is 0 Å². The predicted octanol–water partition coefficient (Wildman–Crippen LogP) is 3.09. The van der Waals surface area contributed by atoms with Crippen LogP contribution in [-0.2, 0) is 4.79 Å². The molecule has 1 amide bonds. The molecule has 1 aromatic carbocycles. The molecule has 5 heteroatoms. The minimum atomic E-state index is -0.854. The standard InChI is InChI=1S/C18H23NO4/c20-17(21)12-14-6-4-10-19(14)18(22)13-5-3-9-16(11-13)23-15-7-1-2-8-15/h3,5,9,11,14-15H,1-2,4,6-8,10,12H2,(H,20,21). The second-order valence-corrected chi connectivity index (χ2v) is 6.44. The largest absolute Gasteiger partial charge is 0.490 e. The van der Waals surface area contributed by atoms with Crippen molar-refractivity contribution in [3.05, 3.63) is 29.8 Å². The van der Waals surface area contributed by atoms with Crippen molar-refractivity contribution in [2.75, 3.05) is 6.54 Å². The monoisotopic (exact) mass is 317 g/mol. The minimum Gasteiger partial charge on any atom is -0.490 e. The Balaban J connectivity index is 1.70. The van der Waals surface area contributed by atoms with Crippen molar-refractivity contribution in [1.29, 1.82) is 0 Å². The molecule has 2 aliphatic rings. The molecule has 23 heavy (non-hydrogen) atoms. The summed E-state index contributed by atoms with van der Waals surface area (Å²) in [5.74, 6) is -0.213. The smallest absolute Gasteiger partial charge is 0.305 e. The van der Waals surface area contributed by atoms with E-state index in [1.807, 2.05) is 12.1 Å². The van der Waals surface area contributed by atoms with Crippen molar-refractivity contribution in [3.63, 3.8) is 0 Å². The molecule has 1 heterocycles. The van der Waals surface area contributed by atoms with E-state index < -0.39 is 5.97 Å². The number of carbonyl (C=O) groups is 2. The average Bonchev–Trinajstić information content (AvgIpc) is 3.18. The Morgan fingerprint density at radius 1 is 1.17 bits per heavy atom. The van der Waals surface area contributed by atoms with Crippen molar-refractivity contribution >= 4 is 11.9 Å². The summed E-state index contributed by atoms with van der Waals surface area (Å²) in [6.45, 7) is 0.629. The van der Waals surface area contributed by atoms with Crippen molar-refractivity contribution in [1.82, 2.24) is 4.90 Å². The molecule has 2 fully saturated rings. The second-order valence-electron chi connectivity index (χ2n) is 6.44. The van der Waals surface area contributed by atoms with E-state index in [1.165, 1.54) is 12.8 Å². The van der Waals surface area contributed by atoms with Gasteiger partial charge in [0.15, 0.2) is 0 Å². The first-order chi connectivity index (χ1) is 11.1. The van der Waals surface area contributed by atoms with E-state index in [0.717, 1.165) is 31.4 Å². The van der Waals surface area contributed by atoms with Gasteiger partial charge in [0.05, 0.1) is 12.5 Å². The summed E-state index contributed by atoms with van der Waals surface area (Å²) in [5.41, 5.74) is 0.581. The lowest BCUT2D eigenvalue weighted by molar-refractivity contribution is -0.137. The molecule has 124 valence electrons. The molecule has 1 aliphatic heterocycles. The maximum absolute atomic E-state index is 12.7. The third-order valence-corrected chi connectivity index (χ3v) is 4.73. The maximum Gasteiger partial charge on any atom is 0.305 e. The van der Waals surface area contributed by atoms with Crippen molar-refractivity contribution < 1.29 is 19.4 Å². The highest BCUT2D eigenvalue weighted by atomic mass is 16.5. The first-order valence-corrected chi connectivity index (χ1v) is 8.43. The molecular weight excluding hydrogens is 294 g/mol. The van der Waals surface area contributed by atoms with Gasteiger partial charge in [-0.1, -0.05) is 6.07 Å². The average molecular weight is 317 g/mol. The van der Waals surface area contributed by atoms with Gasteiger partial charge in [0, 0.05) is 18.2 Å². The molecule has 1 atom stereocenters. The number of likely N-dealkylation sites (tertiary alicyclic amines) is 1. The van der Waals surface area contributed by atoms with Crippen LogP contribution in [0.25, 0.3) is 0 Å². The van der Waals surface area contributed by atoms with E-state index in [9.17, 15) is 9.59 Å². The molecule has 0 aromatic heterocycles. The fraction of sp³-hybridized carbons (Fsp3) is 0.556. The summed E-state index contributed by atoms with van der Waals surface area (Å²) in [4.78, 5) is 25.4. The van der Waals surface area contributed by atoms with Gasteiger partial charge in [-0.3, -0.25) is 9.59 Å². The Morgan fingerprint density at radius 3 is 2.70 bits per heavy atom. The van der Waals surface area contributed by atoms with Crippen LogP contribution in [0.5, 0.6) is 5.75 Å². The third kappa shape index (κ3) is 3.84. The Morgan fingerprint density at radius 2 is 1.96 bits per heavy atom. The topological polar surface area (TPSA) is 66.8 Å². The second kappa shape index (κ2) is 7.02. The van der Waals surface area contributed by atoms with Crippen LogP contribution in [0.2, 0.25) is 0 Å². The fourth-order valence-corrected chi connectivity index (χ4v) is 3.58. The molecule has 3 rings (SSSR count). The minimum absolute atomic E-state index is 0.0179. The number of aliphatic carboxylic acids is 1. The highest BCUT2D eigenvalue weighted by molar-refractivity contribution is 5.95. The molecule has 0 bridgehead atoms. The number of ether oxygens (including phenoxy) is 1. The molecule has 5 nitrogen and oxygen atoms in total. The highest BCUT2D eigenvalue weighted by Gasteiger charge is 2.31. The van der Waals surface area contributed by atoms with Crippen LogP contribution in [-0.4, -0.2) is 40.6 Å². The van der Waals surface area contributed by atoms with Crippen molar-refractivity contribution in [3.8, 4) is 5.75 Å². The number of hydrogen-bond acceptors (Lipinski definition) is 3. The van der Waals surface area contributed by atoms with E-state index >= 15 is 0 Å². The van der Waals surface area contributed by atoms with Gasteiger partial charge in [-0.05, 0) is 56.7 Å². The van der Waals surface area contributed by atoms with Crippen LogP contribution in [0.3, 0.4) is 0 Å². The highest BCUT2D eigenvalue weighted by Crippen LogP contribution is 2.27. The van der Waals surface area contributed by atoms with Crippen molar-refractivity contribution in [2.24, 2.45) is 0 Å². The Hall–Kier alpha value is -2.04. The van der Waals surface area contributed by atoms with E-state index in [1.54, 1.807) is 17.0 Å². The predicted molar refractivity (Wildman–Crippen MR) is 85.6 cm³/mol. The van der Waals surface area contributed by atoms with Crippen LogP contribution in [0.1, 0.15) is 55.3 Å². The Kier molecular flexibility index (Phi) is 4.84. The van der Waals surface area contributed by atoms with Gasteiger partial charge in [0.2, 0.25) is 0 Å².